The van der Waals surface area contributed by atoms with Crippen molar-refractivity contribution in [2.24, 2.45) is 0 Å². The Morgan fingerprint density at radius 2 is 1.90 bits per heavy atom. The lowest BCUT2D eigenvalue weighted by atomic mass is 9.96. The lowest BCUT2D eigenvalue weighted by molar-refractivity contribution is 0.102. The Morgan fingerprint density at radius 1 is 1.17 bits per heavy atom. The van der Waals surface area contributed by atoms with Crippen molar-refractivity contribution >= 4 is 32.3 Å². The molecule has 4 rings (SSSR count). The van der Waals surface area contributed by atoms with E-state index in [1.807, 2.05) is 0 Å². The molecule has 1 amide bonds. The van der Waals surface area contributed by atoms with Crippen LogP contribution >= 0.6 is 11.3 Å². The topological polar surface area (TPSA) is 90.3 Å². The number of rotatable bonds is 4. The number of hydrogen-bond donors (Lipinski definition) is 1. The summed E-state index contributed by atoms with van der Waals surface area (Å²) in [6.07, 6.45) is 5.68. The van der Waals surface area contributed by atoms with E-state index in [-0.39, 0.29) is 10.5 Å². The number of amides is 1. The zero-order valence-corrected chi connectivity index (χ0v) is 18.0. The van der Waals surface area contributed by atoms with Crippen LogP contribution in [0.3, 0.4) is 0 Å². The Morgan fingerprint density at radius 3 is 2.62 bits per heavy atom. The van der Waals surface area contributed by atoms with Crippen LogP contribution in [0.15, 0.2) is 23.1 Å². The van der Waals surface area contributed by atoms with Gasteiger partial charge in [0.1, 0.15) is 11.1 Å². The predicted molar refractivity (Wildman–Crippen MR) is 113 cm³/mol. The summed E-state index contributed by atoms with van der Waals surface area (Å²) in [6, 6.07) is 6.99. The number of anilines is 1. The van der Waals surface area contributed by atoms with Crippen molar-refractivity contribution in [1.82, 2.24) is 4.31 Å². The van der Waals surface area contributed by atoms with Gasteiger partial charge in [-0.05, 0) is 68.7 Å². The van der Waals surface area contributed by atoms with Gasteiger partial charge in [-0.1, -0.05) is 6.07 Å². The third-order valence-corrected chi connectivity index (χ3v) is 8.89. The van der Waals surface area contributed by atoms with Gasteiger partial charge < -0.3 is 5.32 Å². The molecule has 1 aromatic heterocycles. The molecular weight excluding hydrogens is 406 g/mol. The van der Waals surface area contributed by atoms with Gasteiger partial charge in [0.05, 0.1) is 10.5 Å². The lowest BCUT2D eigenvalue weighted by Crippen LogP contribution is -2.28. The first-order chi connectivity index (χ1) is 13.9. The van der Waals surface area contributed by atoms with E-state index >= 15 is 0 Å². The number of nitrogens with one attached hydrogen (secondary N) is 1. The maximum Gasteiger partial charge on any atom is 0.256 e. The molecule has 1 N–H and O–H groups in total. The Hall–Kier alpha value is -2.21. The van der Waals surface area contributed by atoms with Gasteiger partial charge in [-0.15, -0.1) is 11.3 Å². The van der Waals surface area contributed by atoms with Crippen LogP contribution in [0.5, 0.6) is 0 Å². The molecule has 1 aromatic carbocycles. The number of thiophene rings is 1. The minimum Gasteiger partial charge on any atom is -0.312 e. The molecule has 1 saturated heterocycles. The van der Waals surface area contributed by atoms with Crippen LogP contribution in [-0.2, 0) is 22.9 Å². The standard InChI is InChI=1S/C21H23N3O3S2/c1-14-8-9-15(12-19(14)29(26,27)24-10-4-5-11-24)20(25)23-21-17(13-22)16-6-2-3-7-18(16)28-21/h8-9,12H,2-7,10-11H2,1H3,(H,23,25). The van der Waals surface area contributed by atoms with E-state index in [0.717, 1.165) is 44.1 Å². The second-order valence-electron chi connectivity index (χ2n) is 7.57. The van der Waals surface area contributed by atoms with Crippen LogP contribution in [0.2, 0.25) is 0 Å². The summed E-state index contributed by atoms with van der Waals surface area (Å²) < 4.78 is 27.4. The van der Waals surface area contributed by atoms with E-state index < -0.39 is 15.9 Å². The first-order valence-electron chi connectivity index (χ1n) is 9.88. The Kier molecular flexibility index (Phi) is 5.47. The third kappa shape index (κ3) is 3.70. The molecule has 152 valence electrons. The Bertz CT molecular complexity index is 1110. The first-order valence-corrected chi connectivity index (χ1v) is 12.1. The Balaban J connectivity index is 1.64. The van der Waals surface area contributed by atoms with Gasteiger partial charge in [0.2, 0.25) is 10.0 Å². The molecule has 1 aliphatic heterocycles. The summed E-state index contributed by atoms with van der Waals surface area (Å²) in [6.45, 7) is 2.78. The zero-order chi connectivity index (χ0) is 20.6. The van der Waals surface area contributed by atoms with Crippen molar-refractivity contribution in [3.63, 3.8) is 0 Å². The second kappa shape index (κ2) is 7.90. The molecule has 1 aliphatic carbocycles. The van der Waals surface area contributed by atoms with E-state index in [9.17, 15) is 18.5 Å². The molecule has 29 heavy (non-hydrogen) atoms. The van der Waals surface area contributed by atoms with Crippen molar-refractivity contribution < 1.29 is 13.2 Å². The number of aryl methyl sites for hydroxylation is 2. The van der Waals surface area contributed by atoms with E-state index in [4.69, 9.17) is 0 Å². The van der Waals surface area contributed by atoms with Gasteiger partial charge in [0.25, 0.3) is 5.91 Å². The molecule has 8 heteroatoms. The van der Waals surface area contributed by atoms with Crippen molar-refractivity contribution in [3.8, 4) is 6.07 Å². The monoisotopic (exact) mass is 429 g/mol. The molecular formula is C21H23N3O3S2. The Labute approximate surface area is 175 Å². The summed E-state index contributed by atoms with van der Waals surface area (Å²) in [5.41, 5.74) is 2.51. The molecule has 1 fully saturated rings. The van der Waals surface area contributed by atoms with Gasteiger partial charge in [-0.3, -0.25) is 4.79 Å². The fourth-order valence-electron chi connectivity index (χ4n) is 4.03. The summed E-state index contributed by atoms with van der Waals surface area (Å²) in [5.74, 6) is -0.391. The number of carbonyl (C=O) groups excluding carboxylic acids is 1. The molecule has 6 nitrogen and oxygen atoms in total. The number of benzene rings is 1. The quantitative estimate of drug-likeness (QED) is 0.799. The maximum absolute atomic E-state index is 13.0. The van der Waals surface area contributed by atoms with Crippen molar-refractivity contribution in [3.05, 3.63) is 45.3 Å². The predicted octanol–water partition coefficient (Wildman–Crippen LogP) is 3.84. The number of nitrogens with zero attached hydrogens (tertiary/aromatic N) is 2. The van der Waals surface area contributed by atoms with Gasteiger partial charge in [-0.25, -0.2) is 8.42 Å². The number of carbonyl (C=O) groups is 1. The van der Waals surface area contributed by atoms with Crippen molar-refractivity contribution in [2.45, 2.75) is 50.3 Å². The number of nitriles is 1. The SMILES string of the molecule is Cc1ccc(C(=O)Nc2sc3c(c2C#N)CCCC3)cc1S(=O)(=O)N1CCCC1. The lowest BCUT2D eigenvalue weighted by Gasteiger charge is -2.17. The second-order valence-corrected chi connectivity index (χ2v) is 10.6. The molecule has 0 radical (unpaired) electrons. The van der Waals surface area contributed by atoms with E-state index in [1.165, 1.54) is 26.6 Å². The maximum atomic E-state index is 13.0. The number of sulfonamides is 1. The van der Waals surface area contributed by atoms with Crippen molar-refractivity contribution in [2.75, 3.05) is 18.4 Å². The molecule has 0 bridgehead atoms. The molecule has 2 aromatic rings. The van der Waals surface area contributed by atoms with Gasteiger partial charge in [0.15, 0.2) is 0 Å². The number of hydrogen-bond acceptors (Lipinski definition) is 5. The average molecular weight is 430 g/mol. The molecule has 0 saturated carbocycles. The highest BCUT2D eigenvalue weighted by Crippen LogP contribution is 2.38. The van der Waals surface area contributed by atoms with Crippen LogP contribution < -0.4 is 5.32 Å². The molecule has 0 spiro atoms. The minimum atomic E-state index is -3.61. The summed E-state index contributed by atoms with van der Waals surface area (Å²) in [5, 5.41) is 13.0. The van der Waals surface area contributed by atoms with Crippen LogP contribution in [0.4, 0.5) is 5.00 Å². The van der Waals surface area contributed by atoms with Gasteiger partial charge >= 0.3 is 0 Å². The van der Waals surface area contributed by atoms with Crippen LogP contribution in [0, 0.1) is 18.3 Å². The van der Waals surface area contributed by atoms with E-state index in [2.05, 4.69) is 11.4 Å². The molecule has 2 heterocycles. The number of fused-ring (bicyclic) bond motifs is 1. The largest absolute Gasteiger partial charge is 0.312 e. The molecule has 0 atom stereocenters. The highest BCUT2D eigenvalue weighted by Gasteiger charge is 2.29. The van der Waals surface area contributed by atoms with Crippen molar-refractivity contribution in [1.29, 1.82) is 5.26 Å². The normalized spacial score (nSPS) is 17.0. The fraction of sp³-hybridized carbons (Fsp3) is 0.429. The van der Waals surface area contributed by atoms with Crippen LogP contribution in [0.1, 0.15) is 57.6 Å². The van der Waals surface area contributed by atoms with Gasteiger partial charge in [-0.2, -0.15) is 9.57 Å². The van der Waals surface area contributed by atoms with Crippen LogP contribution in [-0.4, -0.2) is 31.7 Å². The zero-order valence-electron chi connectivity index (χ0n) is 16.3. The summed E-state index contributed by atoms with van der Waals surface area (Å²) >= 11 is 1.46. The summed E-state index contributed by atoms with van der Waals surface area (Å²) in [4.78, 5) is 14.2. The summed E-state index contributed by atoms with van der Waals surface area (Å²) in [7, 11) is -3.61. The molecule has 0 unspecified atom stereocenters. The van der Waals surface area contributed by atoms with Crippen LogP contribution in [0.25, 0.3) is 0 Å². The smallest absolute Gasteiger partial charge is 0.256 e. The van der Waals surface area contributed by atoms with Gasteiger partial charge in [0, 0.05) is 23.5 Å². The average Bonchev–Trinajstić information content (AvgIpc) is 3.36. The molecule has 2 aliphatic rings. The van der Waals surface area contributed by atoms with E-state index in [1.54, 1.807) is 19.1 Å². The first kappa shape index (κ1) is 20.1. The van der Waals surface area contributed by atoms with E-state index in [0.29, 0.717) is 29.2 Å². The highest BCUT2D eigenvalue weighted by atomic mass is 32.2. The minimum absolute atomic E-state index is 0.179. The fourth-order valence-corrected chi connectivity index (χ4v) is 7.04. The third-order valence-electron chi connectivity index (χ3n) is 5.64. The highest BCUT2D eigenvalue weighted by molar-refractivity contribution is 7.89.